The normalized spacial score (nSPS) is 10.3. The molecule has 0 saturated heterocycles. The predicted molar refractivity (Wildman–Crippen MR) is 92.1 cm³/mol. The Labute approximate surface area is 148 Å². The Hall–Kier alpha value is -3.61. The average Bonchev–Trinajstić information content (AvgIpc) is 2.63. The van der Waals surface area contributed by atoms with Gasteiger partial charge in [-0.05, 0) is 42.5 Å². The van der Waals surface area contributed by atoms with Gasteiger partial charge in [0.25, 0.3) is 5.69 Å². The largest absolute Gasteiger partial charge is 0.426 e. The Kier molecular flexibility index (Phi) is 4.98. The molecule has 6 nitrogen and oxygen atoms in total. The maximum absolute atomic E-state index is 13.1. The molecule has 1 heterocycles. The zero-order chi connectivity index (χ0) is 18.5. The summed E-state index contributed by atoms with van der Waals surface area (Å²) in [4.78, 5) is 26.9. The molecule has 0 aliphatic heterocycles. The van der Waals surface area contributed by atoms with Crippen molar-refractivity contribution in [3.63, 3.8) is 0 Å². The zero-order valence-electron chi connectivity index (χ0n) is 13.5. The second kappa shape index (κ2) is 7.52. The van der Waals surface area contributed by atoms with Crippen LogP contribution in [0.4, 0.5) is 10.1 Å². The lowest BCUT2D eigenvalue weighted by Crippen LogP contribution is -2.14. The van der Waals surface area contributed by atoms with Gasteiger partial charge in [0.15, 0.2) is 0 Å². The molecule has 130 valence electrons. The first-order valence-electron chi connectivity index (χ1n) is 7.69. The van der Waals surface area contributed by atoms with Crippen molar-refractivity contribution in [2.75, 3.05) is 0 Å². The van der Waals surface area contributed by atoms with Crippen molar-refractivity contribution in [3.05, 3.63) is 88.4 Å². The van der Waals surface area contributed by atoms with Gasteiger partial charge < -0.3 is 4.74 Å². The van der Waals surface area contributed by atoms with Crippen LogP contribution in [0.1, 0.15) is 5.69 Å². The first kappa shape index (κ1) is 17.2. The number of para-hydroxylation sites is 1. The minimum absolute atomic E-state index is 0.0160. The van der Waals surface area contributed by atoms with Crippen molar-refractivity contribution in [1.29, 1.82) is 0 Å². The number of esters is 1. The monoisotopic (exact) mass is 352 g/mol. The maximum Gasteiger partial charge on any atom is 0.317 e. The van der Waals surface area contributed by atoms with Crippen LogP contribution in [0.25, 0.3) is 11.3 Å². The minimum Gasteiger partial charge on any atom is -0.426 e. The van der Waals surface area contributed by atoms with E-state index >= 15 is 0 Å². The summed E-state index contributed by atoms with van der Waals surface area (Å²) in [6, 6.07) is 16.7. The zero-order valence-corrected chi connectivity index (χ0v) is 13.5. The van der Waals surface area contributed by atoms with Crippen LogP contribution in [0.15, 0.2) is 66.7 Å². The number of benzene rings is 2. The maximum atomic E-state index is 13.1. The number of halogens is 1. The molecule has 3 aromatic rings. The number of hydrogen-bond acceptors (Lipinski definition) is 5. The quantitative estimate of drug-likeness (QED) is 0.301. The number of pyridine rings is 1. The van der Waals surface area contributed by atoms with Crippen LogP contribution in [0.2, 0.25) is 0 Å². The second-order valence-electron chi connectivity index (χ2n) is 5.39. The summed E-state index contributed by atoms with van der Waals surface area (Å²) in [5, 5.41) is 11.2. The first-order chi connectivity index (χ1) is 12.5. The summed E-state index contributed by atoms with van der Waals surface area (Å²) in [6.45, 7) is 0. The number of nitrogens with zero attached hydrogens (tertiary/aromatic N) is 2. The summed E-state index contributed by atoms with van der Waals surface area (Å²) in [5.41, 5.74) is 0.690. The van der Waals surface area contributed by atoms with Crippen LogP contribution in [0.3, 0.4) is 0 Å². The molecule has 0 radical (unpaired) electrons. The molecule has 0 aliphatic carbocycles. The van der Waals surface area contributed by atoms with Crippen molar-refractivity contribution in [2.45, 2.75) is 6.42 Å². The fourth-order valence-electron chi connectivity index (χ4n) is 2.36. The van der Waals surface area contributed by atoms with E-state index in [1.165, 1.54) is 36.4 Å². The van der Waals surface area contributed by atoms with E-state index in [9.17, 15) is 19.3 Å². The predicted octanol–water partition coefficient (Wildman–Crippen LogP) is 3.94. The van der Waals surface area contributed by atoms with E-state index in [0.717, 1.165) is 0 Å². The molecular formula is C19H13FN2O4. The highest BCUT2D eigenvalue weighted by Crippen LogP contribution is 2.24. The number of carbonyl (C=O) groups is 1. The van der Waals surface area contributed by atoms with E-state index < -0.39 is 16.7 Å². The molecule has 7 heteroatoms. The molecule has 2 aromatic carbocycles. The first-order valence-corrected chi connectivity index (χ1v) is 7.69. The lowest BCUT2D eigenvalue weighted by molar-refractivity contribution is -0.385. The highest BCUT2D eigenvalue weighted by atomic mass is 19.1. The van der Waals surface area contributed by atoms with Gasteiger partial charge in [-0.25, -0.2) is 9.37 Å². The number of aromatic nitrogens is 1. The third kappa shape index (κ3) is 4.07. The third-order valence-corrected chi connectivity index (χ3v) is 3.57. The smallest absolute Gasteiger partial charge is 0.317 e. The Bertz CT molecular complexity index is 944. The Morgan fingerprint density at radius 1 is 1.04 bits per heavy atom. The molecule has 3 rings (SSSR count). The second-order valence-corrected chi connectivity index (χ2v) is 5.39. The van der Waals surface area contributed by atoms with Crippen molar-refractivity contribution in [2.24, 2.45) is 0 Å². The molecule has 0 aliphatic rings. The van der Waals surface area contributed by atoms with E-state index in [1.807, 2.05) is 0 Å². The molecule has 0 bridgehead atoms. The van der Waals surface area contributed by atoms with Crippen molar-refractivity contribution < 1.29 is 18.8 Å². The van der Waals surface area contributed by atoms with Gasteiger partial charge in [0.1, 0.15) is 17.3 Å². The molecule has 1 aromatic heterocycles. The fraction of sp³-hybridized carbons (Fsp3) is 0.0526. The summed E-state index contributed by atoms with van der Waals surface area (Å²) in [5.74, 6) is -0.722. The standard InChI is InChI=1S/C19H13FN2O4/c20-14-8-6-13(7-9-14)16-10-11-18(22(24)25)17(21-16)12-19(23)26-15-4-2-1-3-5-15/h1-11H,12H2. The lowest BCUT2D eigenvalue weighted by atomic mass is 10.1. The third-order valence-electron chi connectivity index (χ3n) is 3.57. The van der Waals surface area contributed by atoms with E-state index in [-0.39, 0.29) is 17.8 Å². The van der Waals surface area contributed by atoms with Crippen molar-refractivity contribution in [1.82, 2.24) is 4.98 Å². The van der Waals surface area contributed by atoms with Gasteiger partial charge in [0.2, 0.25) is 0 Å². The molecule has 26 heavy (non-hydrogen) atoms. The van der Waals surface area contributed by atoms with Gasteiger partial charge in [-0.2, -0.15) is 0 Å². The topological polar surface area (TPSA) is 82.3 Å². The number of hydrogen-bond donors (Lipinski definition) is 0. The number of rotatable bonds is 5. The highest BCUT2D eigenvalue weighted by molar-refractivity contribution is 5.76. The van der Waals surface area contributed by atoms with Gasteiger partial charge in [0.05, 0.1) is 17.0 Å². The van der Waals surface area contributed by atoms with E-state index in [1.54, 1.807) is 30.3 Å². The van der Waals surface area contributed by atoms with Crippen LogP contribution in [-0.4, -0.2) is 15.9 Å². The van der Waals surface area contributed by atoms with Gasteiger partial charge in [-0.15, -0.1) is 0 Å². The number of ether oxygens (including phenoxy) is 1. The Morgan fingerprint density at radius 3 is 2.38 bits per heavy atom. The van der Waals surface area contributed by atoms with Gasteiger partial charge in [0, 0.05) is 11.6 Å². The molecular weight excluding hydrogens is 339 g/mol. The number of nitro groups is 1. The average molecular weight is 352 g/mol. The van der Waals surface area contributed by atoms with Crippen molar-refractivity contribution in [3.8, 4) is 17.0 Å². The minimum atomic E-state index is -0.664. The molecule has 0 amide bonds. The molecule has 0 spiro atoms. The van der Waals surface area contributed by atoms with E-state index in [4.69, 9.17) is 4.74 Å². The van der Waals surface area contributed by atoms with Crippen LogP contribution < -0.4 is 4.74 Å². The summed E-state index contributed by atoms with van der Waals surface area (Å²) in [7, 11) is 0. The summed E-state index contributed by atoms with van der Waals surface area (Å²) >= 11 is 0. The molecule has 0 unspecified atom stereocenters. The summed E-state index contributed by atoms with van der Waals surface area (Å²) < 4.78 is 18.2. The van der Waals surface area contributed by atoms with Gasteiger partial charge in [-0.1, -0.05) is 18.2 Å². The van der Waals surface area contributed by atoms with Crippen LogP contribution in [-0.2, 0) is 11.2 Å². The van der Waals surface area contributed by atoms with E-state index in [0.29, 0.717) is 17.0 Å². The highest BCUT2D eigenvalue weighted by Gasteiger charge is 2.20. The number of carbonyl (C=O) groups excluding carboxylic acids is 1. The lowest BCUT2D eigenvalue weighted by Gasteiger charge is -2.07. The van der Waals surface area contributed by atoms with Crippen LogP contribution in [0.5, 0.6) is 5.75 Å². The fourth-order valence-corrected chi connectivity index (χ4v) is 2.36. The molecule has 0 saturated carbocycles. The Morgan fingerprint density at radius 2 is 1.73 bits per heavy atom. The van der Waals surface area contributed by atoms with Crippen LogP contribution >= 0.6 is 0 Å². The van der Waals surface area contributed by atoms with E-state index in [2.05, 4.69) is 4.98 Å². The Balaban J connectivity index is 1.88. The molecule has 0 atom stereocenters. The van der Waals surface area contributed by atoms with Gasteiger partial charge in [-0.3, -0.25) is 14.9 Å². The molecule has 0 N–H and O–H groups in total. The SMILES string of the molecule is O=C(Cc1nc(-c2ccc(F)cc2)ccc1[N+](=O)[O-])Oc1ccccc1. The van der Waals surface area contributed by atoms with Crippen LogP contribution in [0, 0.1) is 15.9 Å². The van der Waals surface area contributed by atoms with Gasteiger partial charge >= 0.3 is 5.97 Å². The molecule has 0 fully saturated rings. The van der Waals surface area contributed by atoms with Crippen molar-refractivity contribution >= 4 is 11.7 Å². The summed E-state index contributed by atoms with van der Waals surface area (Å²) in [6.07, 6.45) is -0.361.